The van der Waals surface area contributed by atoms with Crippen LogP contribution in [-0.4, -0.2) is 25.0 Å². The highest BCUT2D eigenvalue weighted by atomic mass is 32.2. The molecule has 0 fully saturated rings. The maximum Gasteiger partial charge on any atom is 0.264 e. The van der Waals surface area contributed by atoms with Crippen LogP contribution in [0.15, 0.2) is 71.9 Å². The quantitative estimate of drug-likeness (QED) is 0.662. The van der Waals surface area contributed by atoms with Crippen LogP contribution >= 0.6 is 0 Å². The first-order valence-electron chi connectivity index (χ1n) is 7.96. The van der Waals surface area contributed by atoms with Crippen molar-refractivity contribution < 1.29 is 13.2 Å². The predicted octanol–water partition coefficient (Wildman–Crippen LogP) is 3.42. The fourth-order valence-electron chi connectivity index (χ4n) is 2.18. The molecule has 0 bridgehead atoms. The van der Waals surface area contributed by atoms with Crippen molar-refractivity contribution in [3.63, 3.8) is 0 Å². The van der Waals surface area contributed by atoms with Crippen molar-refractivity contribution in [2.45, 2.75) is 11.8 Å². The lowest BCUT2D eigenvalue weighted by Crippen LogP contribution is -2.14. The third kappa shape index (κ3) is 4.48. The van der Waals surface area contributed by atoms with E-state index in [9.17, 15) is 8.42 Å². The van der Waals surface area contributed by atoms with Crippen molar-refractivity contribution in [3.8, 4) is 5.75 Å². The van der Waals surface area contributed by atoms with E-state index in [4.69, 9.17) is 4.74 Å². The van der Waals surface area contributed by atoms with Crippen LogP contribution < -0.4 is 14.8 Å². The second kappa shape index (κ2) is 7.83. The van der Waals surface area contributed by atoms with E-state index >= 15 is 0 Å². The number of aromatic nitrogens is 2. The van der Waals surface area contributed by atoms with Crippen molar-refractivity contribution >= 4 is 27.3 Å². The Bertz CT molecular complexity index is 944. The van der Waals surface area contributed by atoms with Crippen molar-refractivity contribution in [3.05, 3.63) is 67.0 Å². The van der Waals surface area contributed by atoms with Gasteiger partial charge in [0.05, 0.1) is 6.61 Å². The lowest BCUT2D eigenvalue weighted by molar-refractivity contribution is 0.340. The minimum Gasteiger partial charge on any atom is -0.494 e. The molecule has 0 saturated heterocycles. The number of nitrogens with zero attached hydrogens (tertiary/aromatic N) is 2. The zero-order valence-electron chi connectivity index (χ0n) is 14.1. The molecule has 0 amide bonds. The molecule has 2 N–H and O–H groups in total. The van der Waals surface area contributed by atoms with Crippen LogP contribution in [0.5, 0.6) is 5.75 Å². The van der Waals surface area contributed by atoms with E-state index in [1.54, 1.807) is 24.3 Å². The normalized spacial score (nSPS) is 11.0. The van der Waals surface area contributed by atoms with Gasteiger partial charge in [-0.05, 0) is 55.5 Å². The first-order chi connectivity index (χ1) is 12.6. The molecule has 0 unspecified atom stereocenters. The number of hydrogen-bond acceptors (Lipinski definition) is 6. The van der Waals surface area contributed by atoms with E-state index in [2.05, 4.69) is 20.0 Å². The number of ether oxygens (including phenoxy) is 1. The summed E-state index contributed by atoms with van der Waals surface area (Å²) in [7, 11) is -3.73. The van der Waals surface area contributed by atoms with Gasteiger partial charge in [-0.2, -0.15) is 0 Å². The molecule has 7 nitrogen and oxygen atoms in total. The smallest absolute Gasteiger partial charge is 0.264 e. The predicted molar refractivity (Wildman–Crippen MR) is 100 cm³/mol. The first kappa shape index (κ1) is 17.7. The van der Waals surface area contributed by atoms with Gasteiger partial charge in [0.2, 0.25) is 0 Å². The highest BCUT2D eigenvalue weighted by molar-refractivity contribution is 7.92. The van der Waals surface area contributed by atoms with Crippen molar-refractivity contribution in [2.24, 2.45) is 0 Å². The second-order valence-electron chi connectivity index (χ2n) is 5.28. The molecule has 3 rings (SSSR count). The third-order valence-corrected chi connectivity index (χ3v) is 4.73. The molecule has 0 atom stereocenters. The maximum atomic E-state index is 12.3. The summed E-state index contributed by atoms with van der Waals surface area (Å²) in [6, 6.07) is 15.5. The number of pyridine rings is 2. The van der Waals surface area contributed by atoms with Gasteiger partial charge >= 0.3 is 0 Å². The number of anilines is 3. The molecule has 3 aromatic rings. The summed E-state index contributed by atoms with van der Waals surface area (Å²) in [6.07, 6.45) is 2.81. The van der Waals surface area contributed by atoms with Gasteiger partial charge in [-0.25, -0.2) is 18.4 Å². The van der Waals surface area contributed by atoms with E-state index in [-0.39, 0.29) is 10.7 Å². The fraction of sp³-hybridized carbons (Fsp3) is 0.111. The minimum absolute atomic E-state index is 0.0559. The zero-order chi connectivity index (χ0) is 18.4. The summed E-state index contributed by atoms with van der Waals surface area (Å²) in [4.78, 5) is 8.16. The van der Waals surface area contributed by atoms with E-state index in [0.29, 0.717) is 12.4 Å². The van der Waals surface area contributed by atoms with Gasteiger partial charge in [0, 0.05) is 18.1 Å². The minimum atomic E-state index is -3.73. The summed E-state index contributed by atoms with van der Waals surface area (Å²) < 4.78 is 32.5. The van der Waals surface area contributed by atoms with E-state index < -0.39 is 10.0 Å². The summed E-state index contributed by atoms with van der Waals surface area (Å²) in [5.74, 6) is 1.57. The highest BCUT2D eigenvalue weighted by Gasteiger charge is 2.15. The van der Waals surface area contributed by atoms with Gasteiger partial charge in [-0.15, -0.1) is 0 Å². The van der Waals surface area contributed by atoms with Gasteiger partial charge in [0.15, 0.2) is 0 Å². The van der Waals surface area contributed by atoms with Crippen LogP contribution in [0.3, 0.4) is 0 Å². The largest absolute Gasteiger partial charge is 0.494 e. The average Bonchev–Trinajstić information content (AvgIpc) is 2.64. The molecule has 134 valence electrons. The Balaban J connectivity index is 1.69. The Kier molecular flexibility index (Phi) is 5.33. The molecule has 0 aliphatic carbocycles. The van der Waals surface area contributed by atoms with Crippen molar-refractivity contribution in [1.82, 2.24) is 9.97 Å². The maximum absolute atomic E-state index is 12.3. The molecule has 0 aliphatic rings. The van der Waals surface area contributed by atoms with Gasteiger partial charge in [-0.3, -0.25) is 4.72 Å². The van der Waals surface area contributed by atoms with E-state index in [0.717, 1.165) is 11.4 Å². The van der Waals surface area contributed by atoms with Crippen LogP contribution in [0.1, 0.15) is 6.92 Å². The van der Waals surface area contributed by atoms with Crippen LogP contribution in [0, 0.1) is 0 Å². The molecule has 0 spiro atoms. The monoisotopic (exact) mass is 370 g/mol. The number of rotatable bonds is 7. The molecule has 8 heteroatoms. The van der Waals surface area contributed by atoms with Crippen LogP contribution in [-0.2, 0) is 10.0 Å². The molecule has 0 saturated carbocycles. The Morgan fingerprint density at radius 3 is 2.38 bits per heavy atom. The Hall–Kier alpha value is -3.13. The molecular weight excluding hydrogens is 352 g/mol. The Labute approximate surface area is 152 Å². The molecule has 2 aromatic heterocycles. The molecule has 0 aliphatic heterocycles. The number of benzene rings is 1. The topological polar surface area (TPSA) is 93.2 Å². The van der Waals surface area contributed by atoms with Crippen LogP contribution in [0.4, 0.5) is 17.3 Å². The van der Waals surface area contributed by atoms with Crippen LogP contribution in [0.25, 0.3) is 0 Å². The Morgan fingerprint density at radius 1 is 0.962 bits per heavy atom. The van der Waals surface area contributed by atoms with Gasteiger partial charge in [0.25, 0.3) is 10.0 Å². The fourth-order valence-corrected chi connectivity index (χ4v) is 3.13. The average molecular weight is 370 g/mol. The lowest BCUT2D eigenvalue weighted by Gasteiger charge is -2.09. The van der Waals surface area contributed by atoms with Crippen molar-refractivity contribution in [2.75, 3.05) is 16.6 Å². The summed E-state index contributed by atoms with van der Waals surface area (Å²) in [5, 5.41) is 3.11. The number of hydrogen-bond donors (Lipinski definition) is 2. The standard InChI is InChI=1S/C18H18N4O3S/c1-2-25-15-8-6-14(7-9-15)21-17-11-10-16(13-20-17)26(23,24)22-18-5-3-4-12-19-18/h3-13H,2H2,1H3,(H,19,22)(H,20,21). The van der Waals surface area contributed by atoms with Gasteiger partial charge in [-0.1, -0.05) is 6.07 Å². The molecule has 26 heavy (non-hydrogen) atoms. The lowest BCUT2D eigenvalue weighted by atomic mass is 10.3. The third-order valence-electron chi connectivity index (χ3n) is 3.39. The van der Waals surface area contributed by atoms with Crippen molar-refractivity contribution in [1.29, 1.82) is 0 Å². The Morgan fingerprint density at radius 2 is 1.77 bits per heavy atom. The van der Waals surface area contributed by atoms with Crippen LogP contribution in [0.2, 0.25) is 0 Å². The summed E-state index contributed by atoms with van der Waals surface area (Å²) in [5.41, 5.74) is 0.822. The molecule has 2 heterocycles. The highest BCUT2D eigenvalue weighted by Crippen LogP contribution is 2.20. The van der Waals surface area contributed by atoms with E-state index in [1.807, 2.05) is 31.2 Å². The number of nitrogens with one attached hydrogen (secondary N) is 2. The zero-order valence-corrected chi connectivity index (χ0v) is 14.9. The molecule has 0 radical (unpaired) electrons. The molecular formula is C18H18N4O3S. The summed E-state index contributed by atoms with van der Waals surface area (Å²) >= 11 is 0. The van der Waals surface area contributed by atoms with E-state index in [1.165, 1.54) is 18.5 Å². The van der Waals surface area contributed by atoms with Gasteiger partial charge < -0.3 is 10.1 Å². The first-order valence-corrected chi connectivity index (χ1v) is 9.45. The SMILES string of the molecule is CCOc1ccc(Nc2ccc(S(=O)(=O)Nc3ccccn3)cn2)cc1. The molecule has 1 aromatic carbocycles. The summed E-state index contributed by atoms with van der Waals surface area (Å²) in [6.45, 7) is 2.53. The second-order valence-corrected chi connectivity index (χ2v) is 6.96. The van der Waals surface area contributed by atoms with Gasteiger partial charge in [0.1, 0.15) is 22.3 Å². The number of sulfonamides is 1.